The van der Waals surface area contributed by atoms with Gasteiger partial charge in [0.15, 0.2) is 0 Å². The number of carbonyl (C=O) groups is 1. The van der Waals surface area contributed by atoms with Gasteiger partial charge in [0.2, 0.25) is 0 Å². The first-order valence-electron chi connectivity index (χ1n) is 7.53. The van der Waals surface area contributed by atoms with Crippen molar-refractivity contribution in [3.63, 3.8) is 0 Å². The first kappa shape index (κ1) is 16.0. The molecule has 1 aromatic carbocycles. The highest BCUT2D eigenvalue weighted by Crippen LogP contribution is 2.48. The van der Waals surface area contributed by atoms with Crippen molar-refractivity contribution in [1.82, 2.24) is 5.01 Å². The molecular weight excluding hydrogens is 309 g/mol. The lowest BCUT2D eigenvalue weighted by atomic mass is 9.80. The van der Waals surface area contributed by atoms with Gasteiger partial charge in [0.05, 0.1) is 5.92 Å². The van der Waals surface area contributed by atoms with Crippen molar-refractivity contribution in [3.8, 4) is 0 Å². The van der Waals surface area contributed by atoms with Crippen LogP contribution in [0.5, 0.6) is 0 Å². The molecule has 1 fully saturated rings. The molecule has 23 heavy (non-hydrogen) atoms. The highest BCUT2D eigenvalue weighted by molar-refractivity contribution is 6.00. The Bertz CT molecular complexity index is 672. The van der Waals surface area contributed by atoms with Gasteiger partial charge in [0, 0.05) is 11.3 Å². The van der Waals surface area contributed by atoms with Gasteiger partial charge in [-0.3, -0.25) is 4.79 Å². The summed E-state index contributed by atoms with van der Waals surface area (Å²) in [4.78, 5) is 12.6. The number of carbonyl (C=O) groups excluding carboxylic acids is 1. The summed E-state index contributed by atoms with van der Waals surface area (Å²) in [6.07, 6.45) is -3.13. The van der Waals surface area contributed by atoms with Gasteiger partial charge in [-0.05, 0) is 37.8 Å². The minimum Gasteiger partial charge on any atom is -0.362 e. The summed E-state index contributed by atoms with van der Waals surface area (Å²) in [7, 11) is 0. The van der Waals surface area contributed by atoms with E-state index in [1.165, 1.54) is 6.07 Å². The number of hydrogen-bond donors (Lipinski definition) is 1. The second-order valence-electron chi connectivity index (χ2n) is 6.05. The van der Waals surface area contributed by atoms with Crippen LogP contribution in [0, 0.1) is 12.8 Å². The number of alkyl halides is 3. The monoisotopic (exact) mass is 326 g/mol. The molecule has 124 valence electrons. The van der Waals surface area contributed by atoms with Crippen molar-refractivity contribution in [2.24, 2.45) is 11.0 Å². The van der Waals surface area contributed by atoms with Gasteiger partial charge in [0.25, 0.3) is 11.6 Å². The number of halogens is 3. The first-order chi connectivity index (χ1) is 10.8. The lowest BCUT2D eigenvalue weighted by molar-refractivity contribution is -0.312. The second-order valence-corrected chi connectivity index (χ2v) is 6.05. The van der Waals surface area contributed by atoms with Gasteiger partial charge in [-0.25, -0.2) is 0 Å². The van der Waals surface area contributed by atoms with E-state index in [-0.39, 0.29) is 22.7 Å². The van der Waals surface area contributed by atoms with Gasteiger partial charge < -0.3 is 5.11 Å². The molecule has 0 aromatic heterocycles. The van der Waals surface area contributed by atoms with Crippen LogP contribution in [0.15, 0.2) is 29.4 Å². The van der Waals surface area contributed by atoms with E-state index in [1.807, 2.05) is 0 Å². The summed E-state index contributed by atoms with van der Waals surface area (Å²) in [5.41, 5.74) is -2.35. The molecule has 0 spiro atoms. The highest BCUT2D eigenvalue weighted by Gasteiger charge is 2.68. The molecule has 0 unspecified atom stereocenters. The average molecular weight is 326 g/mol. The summed E-state index contributed by atoms with van der Waals surface area (Å²) in [6, 6.07) is 6.34. The van der Waals surface area contributed by atoms with Crippen molar-refractivity contribution < 1.29 is 23.1 Å². The number of rotatable bonds is 1. The quantitative estimate of drug-likeness (QED) is 0.861. The van der Waals surface area contributed by atoms with Crippen molar-refractivity contribution in [2.45, 2.75) is 44.5 Å². The molecule has 1 heterocycles. The number of hydrogen-bond acceptors (Lipinski definition) is 3. The number of hydrazone groups is 1. The summed E-state index contributed by atoms with van der Waals surface area (Å²) >= 11 is 0. The molecule has 1 saturated carbocycles. The van der Waals surface area contributed by atoms with Gasteiger partial charge in [-0.1, -0.05) is 24.6 Å². The van der Waals surface area contributed by atoms with Crippen LogP contribution in [0.3, 0.4) is 0 Å². The van der Waals surface area contributed by atoms with Crippen LogP contribution < -0.4 is 0 Å². The predicted molar refractivity (Wildman–Crippen MR) is 77.7 cm³/mol. The number of nitrogens with zero attached hydrogens (tertiary/aromatic N) is 2. The fourth-order valence-electron chi connectivity index (χ4n) is 3.35. The summed E-state index contributed by atoms with van der Waals surface area (Å²) in [6.45, 7) is 1.64. The van der Waals surface area contributed by atoms with Crippen LogP contribution >= 0.6 is 0 Å². The van der Waals surface area contributed by atoms with Gasteiger partial charge in [-0.15, -0.1) is 0 Å². The minimum absolute atomic E-state index is 0.109. The SMILES string of the molecule is Cc1ccccc1C(=O)N1N=C2CCCC[C@H]2[C@@]1(O)C(F)(F)F. The van der Waals surface area contributed by atoms with E-state index in [0.29, 0.717) is 18.4 Å². The molecule has 0 radical (unpaired) electrons. The first-order valence-corrected chi connectivity index (χ1v) is 7.53. The van der Waals surface area contributed by atoms with E-state index in [2.05, 4.69) is 5.10 Å². The molecule has 7 heteroatoms. The lowest BCUT2D eigenvalue weighted by Gasteiger charge is -2.38. The van der Waals surface area contributed by atoms with E-state index in [4.69, 9.17) is 0 Å². The number of aryl methyl sites for hydroxylation is 1. The third-order valence-corrected chi connectivity index (χ3v) is 4.60. The number of benzene rings is 1. The van der Waals surface area contributed by atoms with E-state index in [9.17, 15) is 23.1 Å². The molecule has 1 aliphatic heterocycles. The minimum atomic E-state index is -4.97. The Morgan fingerprint density at radius 2 is 2.04 bits per heavy atom. The lowest BCUT2D eigenvalue weighted by Crippen LogP contribution is -2.61. The van der Waals surface area contributed by atoms with Crippen molar-refractivity contribution >= 4 is 11.6 Å². The summed E-state index contributed by atoms with van der Waals surface area (Å²) in [5.74, 6) is -2.10. The maximum atomic E-state index is 13.6. The van der Waals surface area contributed by atoms with Gasteiger partial charge in [0.1, 0.15) is 0 Å². The van der Waals surface area contributed by atoms with Crippen molar-refractivity contribution in [2.75, 3.05) is 0 Å². The molecule has 0 saturated heterocycles. The van der Waals surface area contributed by atoms with E-state index >= 15 is 0 Å². The van der Waals surface area contributed by atoms with Crippen LogP contribution in [0.25, 0.3) is 0 Å². The van der Waals surface area contributed by atoms with E-state index < -0.39 is 23.7 Å². The maximum absolute atomic E-state index is 13.6. The standard InChI is InChI=1S/C16H17F3N2O2/c1-10-6-2-3-7-11(10)14(22)21-15(23,16(17,18)19)12-8-4-5-9-13(12)20-21/h2-3,6-7,12,23H,4-5,8-9H2,1H3/t12-,15-/m1/s1. The molecule has 0 bridgehead atoms. The normalized spacial score (nSPS) is 27.6. The zero-order valence-corrected chi connectivity index (χ0v) is 12.6. The summed E-state index contributed by atoms with van der Waals surface area (Å²) < 4.78 is 40.9. The Labute approximate surface area is 131 Å². The Kier molecular flexibility index (Phi) is 3.71. The molecule has 1 aliphatic carbocycles. The van der Waals surface area contributed by atoms with Crippen LogP contribution in [0.1, 0.15) is 41.6 Å². The Morgan fingerprint density at radius 3 is 2.70 bits per heavy atom. The fraction of sp³-hybridized carbons (Fsp3) is 0.500. The highest BCUT2D eigenvalue weighted by atomic mass is 19.4. The Morgan fingerprint density at radius 1 is 1.35 bits per heavy atom. The molecule has 1 N–H and O–H groups in total. The topological polar surface area (TPSA) is 52.9 Å². The molecule has 1 amide bonds. The predicted octanol–water partition coefficient (Wildman–Crippen LogP) is 3.25. The van der Waals surface area contributed by atoms with Crippen LogP contribution in [0.2, 0.25) is 0 Å². The third-order valence-electron chi connectivity index (χ3n) is 4.60. The molecule has 1 aromatic rings. The van der Waals surface area contributed by atoms with E-state index in [1.54, 1.807) is 25.1 Å². The Hall–Kier alpha value is -1.89. The number of amides is 1. The van der Waals surface area contributed by atoms with Gasteiger partial charge >= 0.3 is 6.18 Å². The van der Waals surface area contributed by atoms with Crippen LogP contribution in [-0.2, 0) is 0 Å². The van der Waals surface area contributed by atoms with Crippen LogP contribution in [0.4, 0.5) is 13.2 Å². The molecular formula is C16H17F3N2O2. The molecule has 3 rings (SSSR count). The second kappa shape index (κ2) is 5.33. The molecule has 2 aliphatic rings. The van der Waals surface area contributed by atoms with Gasteiger partial charge in [-0.2, -0.15) is 23.3 Å². The fourth-order valence-corrected chi connectivity index (χ4v) is 3.35. The maximum Gasteiger partial charge on any atom is 0.439 e. The van der Waals surface area contributed by atoms with E-state index in [0.717, 1.165) is 6.42 Å². The molecule has 2 atom stereocenters. The number of fused-ring (bicyclic) bond motifs is 1. The summed E-state index contributed by atoms with van der Waals surface area (Å²) in [5, 5.41) is 14.6. The third kappa shape index (κ3) is 2.34. The Balaban J connectivity index is 2.07. The average Bonchev–Trinajstić information content (AvgIpc) is 2.82. The largest absolute Gasteiger partial charge is 0.439 e. The zero-order valence-electron chi connectivity index (χ0n) is 12.6. The van der Waals surface area contributed by atoms with Crippen LogP contribution in [-0.4, -0.2) is 33.6 Å². The van der Waals surface area contributed by atoms with Crippen molar-refractivity contribution in [3.05, 3.63) is 35.4 Å². The zero-order chi connectivity index (χ0) is 16.8. The molecule has 4 nitrogen and oxygen atoms in total. The number of aliphatic hydroxyl groups is 1. The van der Waals surface area contributed by atoms with Crippen molar-refractivity contribution in [1.29, 1.82) is 0 Å². The smallest absolute Gasteiger partial charge is 0.362 e.